The first-order valence-electron chi connectivity index (χ1n) is 19.3. The molecule has 0 aliphatic carbocycles. The van der Waals surface area contributed by atoms with E-state index >= 15 is 0 Å². The van der Waals surface area contributed by atoms with Gasteiger partial charge in [-0.2, -0.15) is 0 Å². The molecule has 1 saturated heterocycles. The number of carbonyl (C=O) groups is 2. The van der Waals surface area contributed by atoms with E-state index < -0.39 is 52.2 Å². The van der Waals surface area contributed by atoms with Crippen LogP contribution in [-0.2, 0) is 29.4 Å². The Morgan fingerprint density at radius 2 is 1.32 bits per heavy atom. The second kappa shape index (κ2) is 18.5. The molecule has 0 bridgehead atoms. The predicted molar refractivity (Wildman–Crippen MR) is 221 cm³/mol. The number of nitrogens with one attached hydrogen (secondary N) is 3. The van der Waals surface area contributed by atoms with Crippen molar-refractivity contribution >= 4 is 17.8 Å². The second-order valence-corrected chi connectivity index (χ2v) is 16.3. The van der Waals surface area contributed by atoms with Crippen molar-refractivity contribution in [1.29, 1.82) is 0 Å². The van der Waals surface area contributed by atoms with E-state index in [0.717, 1.165) is 16.7 Å². The minimum Gasteiger partial charge on any atom is -0.497 e. The summed E-state index contributed by atoms with van der Waals surface area (Å²) in [5, 5.41) is 17.3. The third-order valence-corrected chi connectivity index (χ3v) is 9.87. The number of aryl methyl sites for hydroxylation is 1. The van der Waals surface area contributed by atoms with Crippen molar-refractivity contribution in [3.05, 3.63) is 128 Å². The van der Waals surface area contributed by atoms with E-state index in [1.165, 1.54) is 10.8 Å². The van der Waals surface area contributed by atoms with Crippen LogP contribution in [0.5, 0.6) is 11.5 Å². The van der Waals surface area contributed by atoms with Crippen molar-refractivity contribution in [3.8, 4) is 11.5 Å². The number of aliphatic hydroxyl groups excluding tert-OH is 1. The maximum absolute atomic E-state index is 13.2. The van der Waals surface area contributed by atoms with Crippen LogP contribution >= 0.6 is 0 Å². The Hall–Kier alpha value is -5.61. The number of methoxy groups -OCH3 is 2. The van der Waals surface area contributed by atoms with Gasteiger partial charge < -0.3 is 28.8 Å². The molecule has 0 saturated carbocycles. The average Bonchev–Trinajstić information content (AvgIpc) is 3.51. The number of aromatic nitrogens is 2. The summed E-state index contributed by atoms with van der Waals surface area (Å²) in [5.74, 6) is 0.514. The minimum absolute atomic E-state index is 0.0544. The standard InChI is InChI=1S/C44H55N5O10/c1-27-25-49(41(54)46-36(27)51)37-35(57-24-23-45-40(47-38(52)42(2,3)4)48-39(53)43(5,6)7)34(50)33(59-37)26-58-44(28-13-11-10-12-14-28,29-15-19-31(55-8)20-16-29)30-17-21-32(56-9)22-18-30/h10-22,25,33-35,37,50H,23-24,26H2,1-9H3,(H,46,51,54)(H2,45,47,48,52,53)/t33-,34-,35-,37-/m1/s1. The molecule has 316 valence electrons. The van der Waals surface area contributed by atoms with E-state index in [4.69, 9.17) is 23.7 Å². The maximum Gasteiger partial charge on any atom is 0.330 e. The zero-order valence-corrected chi connectivity index (χ0v) is 35.0. The van der Waals surface area contributed by atoms with Crippen LogP contribution < -0.4 is 31.4 Å². The van der Waals surface area contributed by atoms with Crippen LogP contribution in [0.15, 0.2) is 99.6 Å². The van der Waals surface area contributed by atoms with Crippen molar-refractivity contribution in [2.75, 3.05) is 34.0 Å². The van der Waals surface area contributed by atoms with Gasteiger partial charge in [-0.3, -0.25) is 39.6 Å². The summed E-state index contributed by atoms with van der Waals surface area (Å²) in [6.45, 7) is 11.5. The van der Waals surface area contributed by atoms with E-state index in [0.29, 0.717) is 11.5 Å². The number of ether oxygens (including phenoxy) is 5. The van der Waals surface area contributed by atoms with Crippen LogP contribution in [0.25, 0.3) is 0 Å². The summed E-state index contributed by atoms with van der Waals surface area (Å²) >= 11 is 0. The molecule has 15 nitrogen and oxygen atoms in total. The van der Waals surface area contributed by atoms with Gasteiger partial charge in [0.25, 0.3) is 5.56 Å². The van der Waals surface area contributed by atoms with E-state index in [-0.39, 0.29) is 43.1 Å². The molecule has 2 amide bonds. The third kappa shape index (κ3) is 10.3. The van der Waals surface area contributed by atoms with Crippen LogP contribution in [0.3, 0.4) is 0 Å². The number of nitrogens with zero attached hydrogens (tertiary/aromatic N) is 2. The van der Waals surface area contributed by atoms with Crippen LogP contribution in [0.2, 0.25) is 0 Å². The zero-order chi connectivity index (χ0) is 43.1. The van der Waals surface area contributed by atoms with Gasteiger partial charge in [0.05, 0.1) is 34.0 Å². The summed E-state index contributed by atoms with van der Waals surface area (Å²) < 4.78 is 31.8. The monoisotopic (exact) mass is 813 g/mol. The first-order valence-corrected chi connectivity index (χ1v) is 19.3. The zero-order valence-electron chi connectivity index (χ0n) is 35.0. The highest BCUT2D eigenvalue weighted by molar-refractivity contribution is 6.06. The second-order valence-electron chi connectivity index (χ2n) is 16.3. The van der Waals surface area contributed by atoms with Crippen molar-refractivity contribution in [2.45, 2.75) is 78.6 Å². The lowest BCUT2D eigenvalue weighted by molar-refractivity contribution is -0.127. The molecule has 1 aliphatic heterocycles. The fraction of sp³-hybridized carbons (Fsp3) is 0.432. The van der Waals surface area contributed by atoms with Crippen molar-refractivity contribution in [1.82, 2.24) is 20.2 Å². The summed E-state index contributed by atoms with van der Waals surface area (Å²) in [7, 11) is 3.17. The Kier molecular flexibility index (Phi) is 14.0. The number of H-pyrrole nitrogens is 1. The Bertz CT molecular complexity index is 2130. The van der Waals surface area contributed by atoms with Gasteiger partial charge in [-0.1, -0.05) is 96.1 Å². The number of carbonyl (C=O) groups excluding carboxylic acids is 2. The number of aliphatic imine (C=N–C) groups is 1. The molecule has 15 heteroatoms. The number of hydrogen-bond acceptors (Lipinski definition) is 11. The van der Waals surface area contributed by atoms with Crippen LogP contribution in [0.4, 0.5) is 0 Å². The minimum atomic E-state index is -1.36. The lowest BCUT2D eigenvalue weighted by Gasteiger charge is -2.37. The topological polar surface area (TPSA) is 192 Å². The van der Waals surface area contributed by atoms with Gasteiger partial charge >= 0.3 is 5.69 Å². The van der Waals surface area contributed by atoms with E-state index in [1.807, 2.05) is 78.9 Å². The number of benzene rings is 3. The SMILES string of the molecule is COc1ccc(C(OC[C@H]2O[C@@H](n3cc(C)c(=O)[nH]c3=O)[C@H](OCCN=C(NC(=O)C(C)(C)C)NC(=O)C(C)(C)C)[C@@H]2O)(c2ccccc2)c2ccc(OC)cc2)cc1. The Balaban J connectivity index is 1.49. The molecule has 2 heterocycles. The number of rotatable bonds is 13. The highest BCUT2D eigenvalue weighted by Gasteiger charge is 2.48. The fourth-order valence-electron chi connectivity index (χ4n) is 6.36. The van der Waals surface area contributed by atoms with Gasteiger partial charge in [0.2, 0.25) is 17.8 Å². The van der Waals surface area contributed by atoms with Crippen molar-refractivity contribution < 1.29 is 38.4 Å². The Morgan fingerprint density at radius 3 is 1.81 bits per heavy atom. The number of aliphatic hydroxyl groups is 1. The molecule has 3 aromatic carbocycles. The van der Waals surface area contributed by atoms with Crippen LogP contribution in [-0.4, -0.2) is 84.7 Å². The normalized spacial score (nSPS) is 18.2. The molecule has 0 radical (unpaired) electrons. The smallest absolute Gasteiger partial charge is 0.330 e. The molecule has 0 spiro atoms. The van der Waals surface area contributed by atoms with Crippen LogP contribution in [0.1, 0.15) is 70.0 Å². The van der Waals surface area contributed by atoms with E-state index in [2.05, 4.69) is 20.6 Å². The van der Waals surface area contributed by atoms with Gasteiger partial charge in [0.1, 0.15) is 35.4 Å². The lowest BCUT2D eigenvalue weighted by Crippen LogP contribution is -2.50. The first-order chi connectivity index (χ1) is 27.9. The van der Waals surface area contributed by atoms with Crippen molar-refractivity contribution in [2.24, 2.45) is 15.8 Å². The summed E-state index contributed by atoms with van der Waals surface area (Å²) in [5.41, 5.74) is -1.60. The molecule has 1 aromatic heterocycles. The number of amides is 2. The number of guanidine groups is 1. The summed E-state index contributed by atoms with van der Waals surface area (Å²) in [6.07, 6.45) is -3.43. The van der Waals surface area contributed by atoms with Gasteiger partial charge in [-0.25, -0.2) is 4.79 Å². The fourth-order valence-corrected chi connectivity index (χ4v) is 6.36. The van der Waals surface area contributed by atoms with E-state index in [9.17, 15) is 24.3 Å². The van der Waals surface area contributed by atoms with Gasteiger partial charge in [-0.15, -0.1) is 0 Å². The average molecular weight is 814 g/mol. The quantitative estimate of drug-likeness (QED) is 0.0659. The Morgan fingerprint density at radius 1 is 0.814 bits per heavy atom. The molecule has 5 rings (SSSR count). The molecule has 59 heavy (non-hydrogen) atoms. The lowest BCUT2D eigenvalue weighted by atomic mass is 9.80. The summed E-state index contributed by atoms with van der Waals surface area (Å²) in [4.78, 5) is 58.1. The largest absolute Gasteiger partial charge is 0.497 e. The third-order valence-electron chi connectivity index (χ3n) is 9.87. The molecule has 4 aromatic rings. The predicted octanol–water partition coefficient (Wildman–Crippen LogP) is 4.20. The van der Waals surface area contributed by atoms with Gasteiger partial charge in [-0.05, 0) is 47.9 Å². The molecule has 4 N–H and O–H groups in total. The highest BCUT2D eigenvalue weighted by atomic mass is 16.6. The molecular weight excluding hydrogens is 759 g/mol. The number of aromatic amines is 1. The molecule has 1 fully saturated rings. The van der Waals surface area contributed by atoms with E-state index in [1.54, 1.807) is 62.7 Å². The highest BCUT2D eigenvalue weighted by Crippen LogP contribution is 2.43. The molecule has 4 atom stereocenters. The molecular formula is C44H55N5O10. The van der Waals surface area contributed by atoms with Crippen molar-refractivity contribution in [3.63, 3.8) is 0 Å². The molecule has 1 aliphatic rings. The maximum atomic E-state index is 13.2. The Labute approximate surface area is 343 Å². The van der Waals surface area contributed by atoms with Gasteiger partial charge in [0.15, 0.2) is 6.23 Å². The van der Waals surface area contributed by atoms with Gasteiger partial charge in [0, 0.05) is 22.6 Å². The number of hydrogen-bond donors (Lipinski definition) is 4. The van der Waals surface area contributed by atoms with Crippen LogP contribution in [0, 0.1) is 17.8 Å². The molecule has 0 unspecified atom stereocenters. The summed E-state index contributed by atoms with van der Waals surface area (Å²) in [6, 6.07) is 24.6. The first kappa shape index (κ1) is 44.5.